The minimum atomic E-state index is -0.718. The van der Waals surface area contributed by atoms with Gasteiger partial charge in [0, 0.05) is 41.5 Å². The average molecular weight is 366 g/mol. The van der Waals surface area contributed by atoms with E-state index >= 15 is 0 Å². The van der Waals surface area contributed by atoms with Crippen LogP contribution in [0, 0.1) is 17.5 Å². The second-order valence-corrected chi connectivity index (χ2v) is 5.86. The normalized spacial score (nSPS) is 11.0. The van der Waals surface area contributed by atoms with Gasteiger partial charge in [0.25, 0.3) is 0 Å². The van der Waals surface area contributed by atoms with E-state index < -0.39 is 17.5 Å². The molecule has 0 fully saturated rings. The second-order valence-electron chi connectivity index (χ2n) is 5.86. The summed E-state index contributed by atoms with van der Waals surface area (Å²) in [7, 11) is 1.66. The number of pyridine rings is 1. The van der Waals surface area contributed by atoms with E-state index in [1.54, 1.807) is 31.6 Å². The first-order chi connectivity index (χ1) is 13.1. The molecule has 0 saturated heterocycles. The lowest BCUT2D eigenvalue weighted by molar-refractivity contribution is 0.598. The molecule has 2 aromatic carbocycles. The van der Waals surface area contributed by atoms with Crippen molar-refractivity contribution in [2.24, 2.45) is 0 Å². The molecule has 0 atom stereocenters. The first-order valence-corrected chi connectivity index (χ1v) is 8.11. The minimum absolute atomic E-state index is 0.0719. The molecule has 0 aliphatic rings. The van der Waals surface area contributed by atoms with E-state index in [9.17, 15) is 13.2 Å². The van der Waals surface area contributed by atoms with Gasteiger partial charge in [0.15, 0.2) is 5.82 Å². The highest BCUT2D eigenvalue weighted by atomic mass is 19.1. The number of hydrogen-bond acceptors (Lipinski definition) is 4. The number of nitrogens with one attached hydrogen (secondary N) is 1. The standard InChI is InChI=1S/C20H13F3N4/c1-24-20-15-8-17(23)14(13-7-12(21)4-5-16(13)22)9-18(15)26-19(27-20)11-3-2-6-25-10-11/h2-10H,1H3,(H,24,26,27). The van der Waals surface area contributed by atoms with Crippen LogP contribution in [0.5, 0.6) is 0 Å². The number of hydrogen-bond donors (Lipinski definition) is 1. The topological polar surface area (TPSA) is 50.7 Å². The number of fused-ring (bicyclic) bond motifs is 1. The molecule has 0 aliphatic heterocycles. The summed E-state index contributed by atoms with van der Waals surface area (Å²) in [5, 5.41) is 3.35. The average Bonchev–Trinajstić information content (AvgIpc) is 2.69. The van der Waals surface area contributed by atoms with Crippen LogP contribution in [0.2, 0.25) is 0 Å². The van der Waals surface area contributed by atoms with E-state index in [1.807, 2.05) is 0 Å². The largest absolute Gasteiger partial charge is 0.373 e. The number of rotatable bonds is 3. The van der Waals surface area contributed by atoms with E-state index in [2.05, 4.69) is 20.3 Å². The summed E-state index contributed by atoms with van der Waals surface area (Å²) in [5.74, 6) is -1.26. The minimum Gasteiger partial charge on any atom is -0.373 e. The molecule has 0 unspecified atom stereocenters. The first kappa shape index (κ1) is 17.0. The molecule has 4 rings (SSSR count). The van der Waals surface area contributed by atoms with Crippen molar-refractivity contribution in [2.75, 3.05) is 12.4 Å². The second kappa shape index (κ2) is 6.68. The van der Waals surface area contributed by atoms with Gasteiger partial charge in [0.1, 0.15) is 23.3 Å². The summed E-state index contributed by atoms with van der Waals surface area (Å²) < 4.78 is 42.4. The first-order valence-electron chi connectivity index (χ1n) is 8.11. The van der Waals surface area contributed by atoms with Crippen LogP contribution in [0.15, 0.2) is 54.9 Å². The predicted molar refractivity (Wildman–Crippen MR) is 97.6 cm³/mol. The van der Waals surface area contributed by atoms with E-state index in [0.717, 1.165) is 18.2 Å². The molecule has 134 valence electrons. The molecule has 27 heavy (non-hydrogen) atoms. The van der Waals surface area contributed by atoms with Crippen LogP contribution in [0.3, 0.4) is 0 Å². The smallest absolute Gasteiger partial charge is 0.163 e. The highest BCUT2D eigenvalue weighted by Gasteiger charge is 2.16. The van der Waals surface area contributed by atoms with Crippen molar-refractivity contribution in [2.45, 2.75) is 0 Å². The van der Waals surface area contributed by atoms with Gasteiger partial charge in [0.05, 0.1) is 5.52 Å². The molecule has 0 saturated carbocycles. The molecule has 0 aliphatic carbocycles. The van der Waals surface area contributed by atoms with Gasteiger partial charge >= 0.3 is 0 Å². The number of nitrogens with zero attached hydrogens (tertiary/aromatic N) is 3. The van der Waals surface area contributed by atoms with Crippen molar-refractivity contribution in [1.82, 2.24) is 15.0 Å². The van der Waals surface area contributed by atoms with Crippen molar-refractivity contribution < 1.29 is 13.2 Å². The molecule has 7 heteroatoms. The predicted octanol–water partition coefficient (Wildman–Crippen LogP) is 4.82. The van der Waals surface area contributed by atoms with E-state index in [0.29, 0.717) is 28.1 Å². The van der Waals surface area contributed by atoms with Crippen LogP contribution >= 0.6 is 0 Å². The van der Waals surface area contributed by atoms with Gasteiger partial charge in [-0.05, 0) is 42.5 Å². The molecule has 4 aromatic rings. The highest BCUT2D eigenvalue weighted by molar-refractivity contribution is 5.93. The lowest BCUT2D eigenvalue weighted by Gasteiger charge is -2.11. The Morgan fingerprint density at radius 3 is 2.44 bits per heavy atom. The number of benzene rings is 2. The van der Waals surface area contributed by atoms with Crippen molar-refractivity contribution in [3.8, 4) is 22.5 Å². The molecule has 2 aromatic heterocycles. The van der Waals surface area contributed by atoms with Crippen molar-refractivity contribution in [3.63, 3.8) is 0 Å². The third kappa shape index (κ3) is 3.08. The Kier molecular flexibility index (Phi) is 4.19. The van der Waals surface area contributed by atoms with Gasteiger partial charge in [-0.1, -0.05) is 0 Å². The number of halogens is 3. The lowest BCUT2D eigenvalue weighted by atomic mass is 10.0. The van der Waals surface area contributed by atoms with Gasteiger partial charge in [-0.25, -0.2) is 23.1 Å². The number of anilines is 1. The molecule has 2 heterocycles. The van der Waals surface area contributed by atoms with Gasteiger partial charge in [-0.15, -0.1) is 0 Å². The maximum atomic E-state index is 14.7. The monoisotopic (exact) mass is 366 g/mol. The maximum Gasteiger partial charge on any atom is 0.163 e. The summed E-state index contributed by atoms with van der Waals surface area (Å²) in [6.45, 7) is 0. The van der Waals surface area contributed by atoms with E-state index in [1.165, 1.54) is 12.1 Å². The van der Waals surface area contributed by atoms with Crippen LogP contribution in [0.4, 0.5) is 19.0 Å². The quantitative estimate of drug-likeness (QED) is 0.565. The highest BCUT2D eigenvalue weighted by Crippen LogP contribution is 2.32. The van der Waals surface area contributed by atoms with Gasteiger partial charge in [-0.3, -0.25) is 4.98 Å². The Hall–Kier alpha value is -3.48. The Balaban J connectivity index is 1.98. The molecular weight excluding hydrogens is 353 g/mol. The van der Waals surface area contributed by atoms with Crippen molar-refractivity contribution >= 4 is 16.7 Å². The third-order valence-electron chi connectivity index (χ3n) is 4.16. The lowest BCUT2D eigenvalue weighted by Crippen LogP contribution is -2.00. The van der Waals surface area contributed by atoms with E-state index in [-0.39, 0.29) is 11.1 Å². The summed E-state index contributed by atoms with van der Waals surface area (Å²) in [6.07, 6.45) is 3.24. The van der Waals surface area contributed by atoms with Crippen LogP contribution in [0.25, 0.3) is 33.4 Å². The van der Waals surface area contributed by atoms with Gasteiger partial charge in [-0.2, -0.15) is 0 Å². The summed E-state index contributed by atoms with van der Waals surface area (Å²) in [4.78, 5) is 12.9. The van der Waals surface area contributed by atoms with Crippen LogP contribution in [-0.4, -0.2) is 22.0 Å². The third-order valence-corrected chi connectivity index (χ3v) is 4.16. The Bertz CT molecular complexity index is 1150. The van der Waals surface area contributed by atoms with Crippen molar-refractivity contribution in [3.05, 3.63) is 72.3 Å². The zero-order valence-electron chi connectivity index (χ0n) is 14.2. The van der Waals surface area contributed by atoms with Gasteiger partial charge < -0.3 is 5.32 Å². The van der Waals surface area contributed by atoms with Gasteiger partial charge in [0.2, 0.25) is 0 Å². The zero-order chi connectivity index (χ0) is 19.0. The summed E-state index contributed by atoms with van der Waals surface area (Å²) in [5.41, 5.74) is 0.839. The Morgan fingerprint density at radius 2 is 1.70 bits per heavy atom. The fourth-order valence-electron chi connectivity index (χ4n) is 2.87. The summed E-state index contributed by atoms with van der Waals surface area (Å²) in [6, 6.07) is 9.07. The SMILES string of the molecule is CNc1nc(-c2cccnc2)nc2cc(-c3cc(F)ccc3F)c(F)cc12. The zero-order valence-corrected chi connectivity index (χ0v) is 14.2. The molecule has 0 spiro atoms. The van der Waals surface area contributed by atoms with Crippen LogP contribution < -0.4 is 5.32 Å². The molecule has 0 radical (unpaired) electrons. The Labute approximate surface area is 152 Å². The molecular formula is C20H13F3N4. The molecule has 1 N–H and O–H groups in total. The van der Waals surface area contributed by atoms with Crippen LogP contribution in [-0.2, 0) is 0 Å². The molecule has 4 nitrogen and oxygen atoms in total. The fourth-order valence-corrected chi connectivity index (χ4v) is 2.87. The summed E-state index contributed by atoms with van der Waals surface area (Å²) >= 11 is 0. The molecule has 0 bridgehead atoms. The molecule has 0 amide bonds. The Morgan fingerprint density at radius 1 is 0.889 bits per heavy atom. The van der Waals surface area contributed by atoms with E-state index in [4.69, 9.17) is 0 Å². The fraction of sp³-hybridized carbons (Fsp3) is 0.0500. The maximum absolute atomic E-state index is 14.7. The van der Waals surface area contributed by atoms with Crippen molar-refractivity contribution in [1.29, 1.82) is 0 Å². The number of aromatic nitrogens is 3. The van der Waals surface area contributed by atoms with Crippen LogP contribution in [0.1, 0.15) is 0 Å².